The van der Waals surface area contributed by atoms with Gasteiger partial charge in [-0.15, -0.1) is 0 Å². The Morgan fingerprint density at radius 1 is 1.56 bits per heavy atom. The van der Waals surface area contributed by atoms with Gasteiger partial charge in [-0.25, -0.2) is 8.42 Å². The van der Waals surface area contributed by atoms with Gasteiger partial charge in [-0.3, -0.25) is 4.79 Å². The Morgan fingerprint density at radius 2 is 2.25 bits per heavy atom. The molecule has 1 aromatic heterocycles. The Bertz CT molecular complexity index is 534. The highest BCUT2D eigenvalue weighted by molar-refractivity contribution is 8.13. The molecule has 1 aliphatic rings. The fourth-order valence-corrected chi connectivity index (χ4v) is 2.39. The van der Waals surface area contributed by atoms with Crippen LogP contribution in [0.1, 0.15) is 18.2 Å². The van der Waals surface area contributed by atoms with E-state index in [4.69, 9.17) is 15.1 Å². The zero-order valence-corrected chi connectivity index (χ0v) is 10.1. The SMILES string of the molecule is CC(=O)N1CCc2cc(S(=O)(=O)Cl)oc2C1. The summed E-state index contributed by atoms with van der Waals surface area (Å²) in [4.78, 5) is 12.7. The summed E-state index contributed by atoms with van der Waals surface area (Å²) in [6.45, 7) is 2.34. The lowest BCUT2D eigenvalue weighted by atomic mass is 10.1. The number of amides is 1. The van der Waals surface area contributed by atoms with Gasteiger partial charge < -0.3 is 9.32 Å². The minimum atomic E-state index is -3.83. The highest BCUT2D eigenvalue weighted by atomic mass is 35.7. The average molecular weight is 264 g/mol. The van der Waals surface area contributed by atoms with Crippen molar-refractivity contribution < 1.29 is 17.6 Å². The van der Waals surface area contributed by atoms with Gasteiger partial charge in [0.15, 0.2) is 0 Å². The van der Waals surface area contributed by atoms with Crippen molar-refractivity contribution in [2.45, 2.75) is 25.0 Å². The summed E-state index contributed by atoms with van der Waals surface area (Å²) >= 11 is 0. The summed E-state index contributed by atoms with van der Waals surface area (Å²) < 4.78 is 27.3. The maximum atomic E-state index is 11.2. The summed E-state index contributed by atoms with van der Waals surface area (Å²) in [5, 5.41) is -0.246. The Labute approximate surface area is 97.4 Å². The van der Waals surface area contributed by atoms with Crippen LogP contribution in [0.4, 0.5) is 0 Å². The fraction of sp³-hybridized carbons (Fsp3) is 0.444. The van der Waals surface area contributed by atoms with Crippen LogP contribution in [-0.2, 0) is 26.8 Å². The van der Waals surface area contributed by atoms with Crippen LogP contribution in [-0.4, -0.2) is 25.8 Å². The van der Waals surface area contributed by atoms with E-state index in [9.17, 15) is 13.2 Å². The molecule has 0 bridgehead atoms. The molecular formula is C9H10ClNO4S. The van der Waals surface area contributed by atoms with Crippen LogP contribution < -0.4 is 0 Å². The first kappa shape index (κ1) is 11.5. The summed E-state index contributed by atoms with van der Waals surface area (Å²) in [5.41, 5.74) is 0.803. The maximum Gasteiger partial charge on any atom is 0.294 e. The van der Waals surface area contributed by atoms with E-state index >= 15 is 0 Å². The molecule has 2 heterocycles. The van der Waals surface area contributed by atoms with Crippen molar-refractivity contribution in [2.24, 2.45) is 0 Å². The van der Waals surface area contributed by atoms with E-state index in [0.29, 0.717) is 25.3 Å². The second-order valence-corrected chi connectivity index (χ2v) is 6.14. The molecule has 0 fully saturated rings. The van der Waals surface area contributed by atoms with Gasteiger partial charge in [-0.05, 0) is 12.0 Å². The number of furan rings is 1. The third-order valence-electron chi connectivity index (χ3n) is 2.55. The number of halogens is 1. The molecular weight excluding hydrogens is 254 g/mol. The number of carbonyl (C=O) groups is 1. The van der Waals surface area contributed by atoms with Crippen LogP contribution in [0.25, 0.3) is 0 Å². The quantitative estimate of drug-likeness (QED) is 0.712. The highest BCUT2D eigenvalue weighted by Crippen LogP contribution is 2.27. The fourth-order valence-electron chi connectivity index (χ4n) is 1.68. The Hall–Kier alpha value is -1.01. The molecule has 0 unspecified atom stereocenters. The third kappa shape index (κ3) is 2.08. The van der Waals surface area contributed by atoms with Crippen LogP contribution in [0.3, 0.4) is 0 Å². The Kier molecular flexibility index (Phi) is 2.71. The Morgan fingerprint density at radius 3 is 2.81 bits per heavy atom. The number of carbonyl (C=O) groups excluding carboxylic acids is 1. The topological polar surface area (TPSA) is 67.6 Å². The zero-order chi connectivity index (χ0) is 11.9. The molecule has 1 aliphatic heterocycles. The first-order chi connectivity index (χ1) is 7.38. The molecule has 88 valence electrons. The van der Waals surface area contributed by atoms with Crippen molar-refractivity contribution in [1.29, 1.82) is 0 Å². The average Bonchev–Trinajstić information content (AvgIpc) is 2.58. The van der Waals surface area contributed by atoms with Crippen molar-refractivity contribution in [3.63, 3.8) is 0 Å². The normalized spacial score (nSPS) is 16.0. The van der Waals surface area contributed by atoms with Gasteiger partial charge in [0, 0.05) is 30.2 Å². The molecule has 1 aromatic rings. The lowest BCUT2D eigenvalue weighted by Crippen LogP contribution is -2.33. The van der Waals surface area contributed by atoms with E-state index in [-0.39, 0.29) is 11.0 Å². The van der Waals surface area contributed by atoms with Crippen molar-refractivity contribution in [2.75, 3.05) is 6.54 Å². The van der Waals surface area contributed by atoms with E-state index < -0.39 is 9.05 Å². The smallest absolute Gasteiger partial charge is 0.294 e. The number of fused-ring (bicyclic) bond motifs is 1. The maximum absolute atomic E-state index is 11.2. The third-order valence-corrected chi connectivity index (χ3v) is 3.68. The number of nitrogens with zero attached hydrogens (tertiary/aromatic N) is 1. The second kappa shape index (κ2) is 3.78. The predicted molar refractivity (Wildman–Crippen MR) is 56.5 cm³/mol. The standard InChI is InChI=1S/C9H10ClNO4S/c1-6(12)11-3-2-7-4-9(16(10,13)14)15-8(7)5-11/h4H,2-3,5H2,1H3. The van der Waals surface area contributed by atoms with Crippen molar-refractivity contribution in [3.05, 3.63) is 17.4 Å². The molecule has 1 amide bonds. The summed E-state index contributed by atoms with van der Waals surface area (Å²) in [7, 11) is 1.34. The van der Waals surface area contributed by atoms with E-state index in [1.807, 2.05) is 0 Å². The lowest BCUT2D eigenvalue weighted by molar-refractivity contribution is -0.130. The van der Waals surface area contributed by atoms with Crippen LogP contribution in [0.5, 0.6) is 0 Å². The molecule has 0 spiro atoms. The number of rotatable bonds is 1. The minimum Gasteiger partial charge on any atom is -0.446 e. The van der Waals surface area contributed by atoms with E-state index in [1.54, 1.807) is 4.90 Å². The predicted octanol–water partition coefficient (Wildman–Crippen LogP) is 1.11. The van der Waals surface area contributed by atoms with Crippen LogP contribution in [0.15, 0.2) is 15.6 Å². The molecule has 5 nitrogen and oxygen atoms in total. The van der Waals surface area contributed by atoms with Gasteiger partial charge in [0.2, 0.25) is 11.0 Å². The van der Waals surface area contributed by atoms with E-state index in [1.165, 1.54) is 13.0 Å². The molecule has 2 rings (SSSR count). The van der Waals surface area contributed by atoms with E-state index in [2.05, 4.69) is 0 Å². The lowest BCUT2D eigenvalue weighted by Gasteiger charge is -2.24. The highest BCUT2D eigenvalue weighted by Gasteiger charge is 2.25. The summed E-state index contributed by atoms with van der Waals surface area (Å²) in [6, 6.07) is 1.43. The van der Waals surface area contributed by atoms with Crippen LogP contribution in [0.2, 0.25) is 0 Å². The van der Waals surface area contributed by atoms with Gasteiger partial charge in [0.1, 0.15) is 5.76 Å². The van der Waals surface area contributed by atoms with Gasteiger partial charge in [-0.2, -0.15) is 0 Å². The molecule has 0 saturated carbocycles. The first-order valence-electron chi connectivity index (χ1n) is 4.69. The molecule has 0 saturated heterocycles. The molecule has 0 radical (unpaired) electrons. The van der Waals surface area contributed by atoms with Gasteiger partial charge in [-0.1, -0.05) is 0 Å². The molecule has 16 heavy (non-hydrogen) atoms. The van der Waals surface area contributed by atoms with Gasteiger partial charge >= 0.3 is 0 Å². The number of hydrogen-bond acceptors (Lipinski definition) is 4. The summed E-state index contributed by atoms with van der Waals surface area (Å²) in [5.74, 6) is 0.443. The van der Waals surface area contributed by atoms with Gasteiger partial charge in [0.05, 0.1) is 6.54 Å². The van der Waals surface area contributed by atoms with Crippen molar-refractivity contribution in [1.82, 2.24) is 4.90 Å². The van der Waals surface area contributed by atoms with E-state index in [0.717, 1.165) is 5.56 Å². The molecule has 0 aliphatic carbocycles. The largest absolute Gasteiger partial charge is 0.446 e. The molecule has 0 atom stereocenters. The van der Waals surface area contributed by atoms with Gasteiger partial charge in [0.25, 0.3) is 9.05 Å². The zero-order valence-electron chi connectivity index (χ0n) is 8.57. The first-order valence-corrected chi connectivity index (χ1v) is 7.00. The van der Waals surface area contributed by atoms with Crippen molar-refractivity contribution >= 4 is 25.6 Å². The second-order valence-electron chi connectivity index (χ2n) is 3.64. The molecule has 0 N–H and O–H groups in total. The van der Waals surface area contributed by atoms with Crippen molar-refractivity contribution in [3.8, 4) is 0 Å². The van der Waals surface area contributed by atoms with Crippen LogP contribution in [0, 0.1) is 0 Å². The monoisotopic (exact) mass is 263 g/mol. The molecule has 7 heteroatoms. The Balaban J connectivity index is 2.34. The number of hydrogen-bond donors (Lipinski definition) is 0. The molecule has 0 aromatic carbocycles. The minimum absolute atomic E-state index is 0.0580. The summed E-state index contributed by atoms with van der Waals surface area (Å²) in [6.07, 6.45) is 0.588. The van der Waals surface area contributed by atoms with Crippen LogP contribution >= 0.6 is 10.7 Å².